The van der Waals surface area contributed by atoms with E-state index in [-0.39, 0.29) is 24.0 Å². The van der Waals surface area contributed by atoms with Crippen LogP contribution < -0.4 is 10.0 Å². The minimum atomic E-state index is -3.64. The van der Waals surface area contributed by atoms with Crippen molar-refractivity contribution in [1.82, 2.24) is 4.72 Å². The summed E-state index contributed by atoms with van der Waals surface area (Å²) >= 11 is 1.58. The van der Waals surface area contributed by atoms with Gasteiger partial charge in [0.2, 0.25) is 10.0 Å². The van der Waals surface area contributed by atoms with Crippen LogP contribution in [0.25, 0.3) is 0 Å². The van der Waals surface area contributed by atoms with Gasteiger partial charge in [0.25, 0.3) is 0 Å². The zero-order valence-electron chi connectivity index (χ0n) is 14.3. The van der Waals surface area contributed by atoms with E-state index in [0.29, 0.717) is 18.5 Å². The largest absolute Gasteiger partial charge is 0.453 e. The number of aliphatic hydroxyl groups is 1. The van der Waals surface area contributed by atoms with Crippen molar-refractivity contribution in [2.45, 2.75) is 23.7 Å². The Balaban J connectivity index is 1.94. The van der Waals surface area contributed by atoms with Crippen molar-refractivity contribution < 1.29 is 23.1 Å². The number of aliphatic hydroxyl groups excluding tert-OH is 1. The zero-order valence-corrected chi connectivity index (χ0v) is 16.0. The highest BCUT2D eigenvalue weighted by Crippen LogP contribution is 2.25. The molecule has 0 spiro atoms. The lowest BCUT2D eigenvalue weighted by atomic mass is 9.95. The molecule has 0 fully saturated rings. The van der Waals surface area contributed by atoms with Crippen LogP contribution in [0.1, 0.15) is 24.3 Å². The average Bonchev–Trinajstić information content (AvgIpc) is 3.16. The molecule has 26 heavy (non-hydrogen) atoms. The third-order valence-corrected chi connectivity index (χ3v) is 6.05. The van der Waals surface area contributed by atoms with Gasteiger partial charge in [-0.1, -0.05) is 0 Å². The van der Waals surface area contributed by atoms with Gasteiger partial charge in [-0.3, -0.25) is 5.32 Å². The number of nitrogens with one attached hydrogen (secondary N) is 2. The van der Waals surface area contributed by atoms with Crippen molar-refractivity contribution in [2.75, 3.05) is 25.6 Å². The number of methoxy groups -OCH3 is 1. The Labute approximate surface area is 157 Å². The third kappa shape index (κ3) is 5.80. The van der Waals surface area contributed by atoms with E-state index in [1.165, 1.54) is 31.4 Å². The number of rotatable bonds is 9. The molecule has 1 atom stereocenters. The van der Waals surface area contributed by atoms with Crippen LogP contribution in [0.4, 0.5) is 10.5 Å². The fraction of sp³-hybridized carbons (Fsp3) is 0.353. The van der Waals surface area contributed by atoms with Gasteiger partial charge in [-0.15, -0.1) is 0 Å². The van der Waals surface area contributed by atoms with E-state index >= 15 is 0 Å². The summed E-state index contributed by atoms with van der Waals surface area (Å²) in [6.07, 6.45) is 0.562. The van der Waals surface area contributed by atoms with E-state index in [2.05, 4.69) is 14.8 Å². The Hall–Kier alpha value is -1.94. The lowest BCUT2D eigenvalue weighted by Crippen LogP contribution is -2.26. The summed E-state index contributed by atoms with van der Waals surface area (Å²) in [5, 5.41) is 15.6. The van der Waals surface area contributed by atoms with Gasteiger partial charge in [0.15, 0.2) is 0 Å². The topological polar surface area (TPSA) is 105 Å². The molecule has 1 aromatic carbocycles. The summed E-state index contributed by atoms with van der Waals surface area (Å²) in [6.45, 7) is 0.326. The molecule has 2 rings (SSSR count). The number of sulfonamides is 1. The maximum atomic E-state index is 12.4. The molecular formula is C17H22N2O5S2. The minimum absolute atomic E-state index is 0.0575. The fourth-order valence-corrected chi connectivity index (χ4v) is 4.27. The highest BCUT2D eigenvalue weighted by atomic mass is 32.2. The lowest BCUT2D eigenvalue weighted by molar-refractivity contribution is 0.187. The van der Waals surface area contributed by atoms with Gasteiger partial charge in [0, 0.05) is 18.8 Å². The number of carbonyl (C=O) groups is 1. The summed E-state index contributed by atoms with van der Waals surface area (Å²) < 4.78 is 31.8. The van der Waals surface area contributed by atoms with Gasteiger partial charge in [0.05, 0.1) is 12.0 Å². The van der Waals surface area contributed by atoms with Crippen molar-refractivity contribution >= 4 is 33.1 Å². The van der Waals surface area contributed by atoms with Crippen LogP contribution in [0.2, 0.25) is 0 Å². The van der Waals surface area contributed by atoms with Crippen LogP contribution >= 0.6 is 11.3 Å². The van der Waals surface area contributed by atoms with E-state index in [4.69, 9.17) is 0 Å². The number of carbonyl (C=O) groups excluding carboxylic acids is 1. The van der Waals surface area contributed by atoms with E-state index in [1.54, 1.807) is 11.3 Å². The molecule has 0 aliphatic rings. The summed E-state index contributed by atoms with van der Waals surface area (Å²) in [5.41, 5.74) is 1.55. The van der Waals surface area contributed by atoms with Crippen molar-refractivity contribution in [1.29, 1.82) is 0 Å². The van der Waals surface area contributed by atoms with Crippen LogP contribution in [0.15, 0.2) is 46.0 Å². The predicted molar refractivity (Wildman–Crippen MR) is 101 cm³/mol. The zero-order chi connectivity index (χ0) is 19.0. The van der Waals surface area contributed by atoms with Gasteiger partial charge < -0.3 is 9.84 Å². The molecule has 1 unspecified atom stereocenters. The SMILES string of the molecule is COC(=O)Nc1ccc(S(=O)(=O)NCCC(CCO)c2ccsc2)cc1. The second-order valence-corrected chi connectivity index (χ2v) is 8.14. The number of ether oxygens (including phenoxy) is 1. The van der Waals surface area contributed by atoms with Gasteiger partial charge in [-0.2, -0.15) is 11.3 Å². The molecule has 0 aliphatic heterocycles. The lowest BCUT2D eigenvalue weighted by Gasteiger charge is -2.15. The van der Waals surface area contributed by atoms with E-state index in [1.807, 2.05) is 16.8 Å². The molecule has 1 amide bonds. The molecule has 1 aromatic heterocycles. The molecule has 0 bridgehead atoms. The quantitative estimate of drug-likeness (QED) is 0.602. The number of amides is 1. The summed E-state index contributed by atoms with van der Waals surface area (Å²) in [5.74, 6) is 0.112. The van der Waals surface area contributed by atoms with E-state index in [0.717, 1.165) is 5.56 Å². The molecular weight excluding hydrogens is 376 g/mol. The van der Waals surface area contributed by atoms with Gasteiger partial charge >= 0.3 is 6.09 Å². The first kappa shape index (κ1) is 20.4. The number of thiophene rings is 1. The Bertz CT molecular complexity index is 789. The predicted octanol–water partition coefficient (Wildman–Crippen LogP) is 2.76. The maximum absolute atomic E-state index is 12.4. The highest BCUT2D eigenvalue weighted by molar-refractivity contribution is 7.89. The van der Waals surface area contributed by atoms with Gasteiger partial charge in [0.1, 0.15) is 0 Å². The van der Waals surface area contributed by atoms with Crippen molar-refractivity contribution in [3.05, 3.63) is 46.7 Å². The normalized spacial score (nSPS) is 12.5. The molecule has 0 saturated heterocycles. The molecule has 142 valence electrons. The molecule has 0 radical (unpaired) electrons. The van der Waals surface area contributed by atoms with Crippen LogP contribution in [0.5, 0.6) is 0 Å². The average molecular weight is 399 g/mol. The highest BCUT2D eigenvalue weighted by Gasteiger charge is 2.16. The molecule has 2 aromatic rings. The molecule has 3 N–H and O–H groups in total. The second-order valence-electron chi connectivity index (χ2n) is 5.59. The van der Waals surface area contributed by atoms with Crippen molar-refractivity contribution in [2.24, 2.45) is 0 Å². The Morgan fingerprint density at radius 3 is 2.54 bits per heavy atom. The first-order chi connectivity index (χ1) is 12.5. The summed E-state index contributed by atoms with van der Waals surface area (Å²) in [7, 11) is -2.40. The summed E-state index contributed by atoms with van der Waals surface area (Å²) in [4.78, 5) is 11.3. The minimum Gasteiger partial charge on any atom is -0.453 e. The molecule has 1 heterocycles. The smallest absolute Gasteiger partial charge is 0.411 e. The van der Waals surface area contributed by atoms with Gasteiger partial charge in [-0.25, -0.2) is 17.9 Å². The Morgan fingerprint density at radius 1 is 1.23 bits per heavy atom. The van der Waals surface area contributed by atoms with Crippen molar-refractivity contribution in [3.8, 4) is 0 Å². The summed E-state index contributed by atoms with van der Waals surface area (Å²) in [6, 6.07) is 7.80. The van der Waals surface area contributed by atoms with Crippen LogP contribution in [0.3, 0.4) is 0 Å². The molecule has 0 aliphatic carbocycles. The van der Waals surface area contributed by atoms with Crippen LogP contribution in [0, 0.1) is 0 Å². The standard InChI is InChI=1S/C17H22N2O5S2/c1-24-17(21)19-15-2-4-16(5-3-15)26(22,23)18-9-6-13(7-10-20)14-8-11-25-12-14/h2-5,8,11-13,18,20H,6-7,9-10H2,1H3,(H,19,21). The molecule has 9 heteroatoms. The molecule has 7 nitrogen and oxygen atoms in total. The number of benzene rings is 1. The van der Waals surface area contributed by atoms with E-state index in [9.17, 15) is 18.3 Å². The number of hydrogen-bond donors (Lipinski definition) is 3. The van der Waals surface area contributed by atoms with Crippen LogP contribution in [-0.4, -0.2) is 39.9 Å². The van der Waals surface area contributed by atoms with E-state index < -0.39 is 16.1 Å². The maximum Gasteiger partial charge on any atom is 0.411 e. The van der Waals surface area contributed by atoms with Crippen molar-refractivity contribution in [3.63, 3.8) is 0 Å². The Kier molecular flexibility index (Phi) is 7.58. The van der Waals surface area contributed by atoms with Crippen LogP contribution in [-0.2, 0) is 14.8 Å². The molecule has 0 saturated carbocycles. The first-order valence-electron chi connectivity index (χ1n) is 8.04. The number of anilines is 1. The monoisotopic (exact) mass is 398 g/mol. The Morgan fingerprint density at radius 2 is 1.96 bits per heavy atom. The van der Waals surface area contributed by atoms with Gasteiger partial charge in [-0.05, 0) is 65.4 Å². The first-order valence-corrected chi connectivity index (χ1v) is 10.5. The number of hydrogen-bond acceptors (Lipinski definition) is 6. The fourth-order valence-electron chi connectivity index (χ4n) is 2.48. The third-order valence-electron chi connectivity index (χ3n) is 3.87. The second kappa shape index (κ2) is 9.67.